The van der Waals surface area contributed by atoms with Crippen LogP contribution in [0.15, 0.2) is 29.7 Å². The first kappa shape index (κ1) is 16.8. The number of fused-ring (bicyclic) bond motifs is 1. The normalized spacial score (nSPS) is 14.8. The van der Waals surface area contributed by atoms with Crippen LogP contribution in [0.25, 0.3) is 0 Å². The quantitative estimate of drug-likeness (QED) is 0.851. The molecule has 0 aliphatic carbocycles. The summed E-state index contributed by atoms with van der Waals surface area (Å²) >= 11 is 0. The summed E-state index contributed by atoms with van der Waals surface area (Å²) in [6, 6.07) is 3.96. The minimum absolute atomic E-state index is 0.0765. The van der Waals surface area contributed by atoms with Crippen LogP contribution in [0.5, 0.6) is 5.75 Å². The number of benzene rings is 1. The molecule has 2 heterocycles. The number of aromatic nitrogens is 2. The van der Waals surface area contributed by atoms with E-state index in [2.05, 4.69) is 4.98 Å². The summed E-state index contributed by atoms with van der Waals surface area (Å²) < 4.78 is 35.0. The number of nitrogens with zero attached hydrogens (tertiary/aromatic N) is 3. The number of ether oxygens (including phenoxy) is 1. The first-order valence-corrected chi connectivity index (χ1v) is 9.53. The second-order valence-electron chi connectivity index (χ2n) is 6.35. The van der Waals surface area contributed by atoms with Gasteiger partial charge in [-0.15, -0.1) is 0 Å². The van der Waals surface area contributed by atoms with Gasteiger partial charge in [-0.3, -0.25) is 4.31 Å². The monoisotopic (exact) mass is 349 g/mol. The van der Waals surface area contributed by atoms with Crippen LogP contribution in [0.2, 0.25) is 0 Å². The van der Waals surface area contributed by atoms with Crippen molar-refractivity contribution in [2.24, 2.45) is 0 Å². The lowest BCUT2D eigenvalue weighted by Crippen LogP contribution is -2.36. The van der Waals surface area contributed by atoms with Crippen molar-refractivity contribution in [3.05, 3.63) is 35.8 Å². The maximum Gasteiger partial charge on any atom is 0.283 e. The van der Waals surface area contributed by atoms with E-state index in [4.69, 9.17) is 4.74 Å². The van der Waals surface area contributed by atoms with Crippen LogP contribution in [0.1, 0.15) is 37.4 Å². The molecular weight excluding hydrogens is 326 g/mol. The average Bonchev–Trinajstić information content (AvgIpc) is 3.06. The molecule has 2 aromatic rings. The molecule has 1 aromatic heterocycles. The summed E-state index contributed by atoms with van der Waals surface area (Å²) in [6.45, 7) is 6.41. The van der Waals surface area contributed by atoms with E-state index >= 15 is 0 Å². The highest BCUT2D eigenvalue weighted by atomic mass is 32.2. The molecule has 3 rings (SSSR count). The average molecular weight is 349 g/mol. The van der Waals surface area contributed by atoms with Crippen molar-refractivity contribution in [3.63, 3.8) is 0 Å². The Balaban J connectivity index is 2.12. The highest BCUT2D eigenvalue weighted by Crippen LogP contribution is 2.40. The first-order chi connectivity index (χ1) is 11.4. The molecule has 1 aliphatic rings. The van der Waals surface area contributed by atoms with Gasteiger partial charge in [0.15, 0.2) is 5.03 Å². The summed E-state index contributed by atoms with van der Waals surface area (Å²) in [6.07, 6.45) is 4.79. The predicted molar refractivity (Wildman–Crippen MR) is 93.2 cm³/mol. The van der Waals surface area contributed by atoms with E-state index in [-0.39, 0.29) is 11.1 Å². The minimum atomic E-state index is -3.72. The van der Waals surface area contributed by atoms with Gasteiger partial charge in [0.2, 0.25) is 0 Å². The van der Waals surface area contributed by atoms with Gasteiger partial charge in [0, 0.05) is 18.8 Å². The van der Waals surface area contributed by atoms with Crippen LogP contribution in [-0.4, -0.2) is 31.6 Å². The number of sulfonamides is 1. The van der Waals surface area contributed by atoms with Crippen molar-refractivity contribution in [1.29, 1.82) is 0 Å². The zero-order chi connectivity index (χ0) is 17.5. The molecule has 0 saturated heterocycles. The molecule has 0 radical (unpaired) electrons. The van der Waals surface area contributed by atoms with Gasteiger partial charge >= 0.3 is 0 Å². The van der Waals surface area contributed by atoms with Crippen LogP contribution in [-0.2, 0) is 16.4 Å². The van der Waals surface area contributed by atoms with Gasteiger partial charge in [0.1, 0.15) is 5.75 Å². The van der Waals surface area contributed by atoms with Gasteiger partial charge in [-0.2, -0.15) is 8.42 Å². The Hall–Kier alpha value is -2.02. The van der Waals surface area contributed by atoms with Crippen molar-refractivity contribution in [3.8, 4) is 5.75 Å². The Morgan fingerprint density at radius 2 is 2.04 bits per heavy atom. The first-order valence-electron chi connectivity index (χ1n) is 8.09. The lowest BCUT2D eigenvalue weighted by Gasteiger charge is -2.32. The van der Waals surface area contributed by atoms with Crippen LogP contribution >= 0.6 is 0 Å². The van der Waals surface area contributed by atoms with Crippen molar-refractivity contribution < 1.29 is 13.2 Å². The number of anilines is 1. The molecule has 0 unspecified atom stereocenters. The number of methoxy groups -OCH3 is 1. The van der Waals surface area contributed by atoms with Gasteiger partial charge < -0.3 is 9.30 Å². The van der Waals surface area contributed by atoms with E-state index in [0.29, 0.717) is 18.0 Å². The Bertz CT molecular complexity index is 856. The molecule has 130 valence electrons. The molecule has 0 bridgehead atoms. The number of hydrogen-bond donors (Lipinski definition) is 0. The lowest BCUT2D eigenvalue weighted by molar-refractivity contribution is 0.414. The summed E-state index contributed by atoms with van der Waals surface area (Å²) in [7, 11) is -2.15. The number of hydrogen-bond acceptors (Lipinski definition) is 4. The minimum Gasteiger partial charge on any atom is -0.495 e. The summed E-state index contributed by atoms with van der Waals surface area (Å²) in [5.41, 5.74) is 2.77. The maximum absolute atomic E-state index is 13.2. The van der Waals surface area contributed by atoms with Gasteiger partial charge in [-0.25, -0.2) is 4.98 Å². The summed E-state index contributed by atoms with van der Waals surface area (Å²) in [5, 5.41) is 0.0765. The third-order valence-electron chi connectivity index (χ3n) is 4.47. The highest BCUT2D eigenvalue weighted by molar-refractivity contribution is 7.92. The molecule has 6 nitrogen and oxygen atoms in total. The predicted octanol–water partition coefficient (Wildman–Crippen LogP) is 2.92. The third-order valence-corrected chi connectivity index (χ3v) is 6.15. The van der Waals surface area contributed by atoms with Crippen molar-refractivity contribution in [1.82, 2.24) is 9.55 Å². The van der Waals surface area contributed by atoms with Crippen molar-refractivity contribution in [2.45, 2.75) is 44.7 Å². The van der Waals surface area contributed by atoms with Crippen LogP contribution in [0.3, 0.4) is 0 Å². The van der Waals surface area contributed by atoms with Gasteiger partial charge in [0.25, 0.3) is 10.0 Å². The standard InChI is InChI=1S/C17H23N3O3S/c1-12(2)19-10-16(18-11-19)24(21,22)20-9-5-6-14-13(3)7-8-15(23-4)17(14)20/h7-8,10-12H,5-6,9H2,1-4H3. The Kier molecular flexibility index (Phi) is 4.29. The van der Waals surface area contributed by atoms with Gasteiger partial charge in [-0.05, 0) is 50.8 Å². The fourth-order valence-electron chi connectivity index (χ4n) is 3.07. The molecule has 24 heavy (non-hydrogen) atoms. The fraction of sp³-hybridized carbons (Fsp3) is 0.471. The summed E-state index contributed by atoms with van der Waals surface area (Å²) in [5.74, 6) is 0.585. The summed E-state index contributed by atoms with van der Waals surface area (Å²) in [4.78, 5) is 4.13. The smallest absolute Gasteiger partial charge is 0.283 e. The molecule has 0 amide bonds. The largest absolute Gasteiger partial charge is 0.495 e. The Morgan fingerprint density at radius 1 is 1.29 bits per heavy atom. The molecule has 0 saturated carbocycles. The topological polar surface area (TPSA) is 64.4 Å². The van der Waals surface area contributed by atoms with Crippen molar-refractivity contribution >= 4 is 15.7 Å². The van der Waals surface area contributed by atoms with Gasteiger partial charge in [0.05, 0.1) is 19.1 Å². The lowest BCUT2D eigenvalue weighted by atomic mass is 9.98. The van der Waals surface area contributed by atoms with E-state index in [1.807, 2.05) is 32.9 Å². The second kappa shape index (κ2) is 6.12. The zero-order valence-corrected chi connectivity index (χ0v) is 15.3. The molecule has 7 heteroatoms. The zero-order valence-electron chi connectivity index (χ0n) is 14.5. The number of imidazole rings is 1. The number of aryl methyl sites for hydroxylation is 1. The SMILES string of the molecule is COc1ccc(C)c2c1N(S(=O)(=O)c1cn(C(C)C)cn1)CCC2. The van der Waals surface area contributed by atoms with Gasteiger partial charge in [-0.1, -0.05) is 6.07 Å². The van der Waals surface area contributed by atoms with E-state index < -0.39 is 10.0 Å². The van der Waals surface area contributed by atoms with Crippen LogP contribution in [0, 0.1) is 6.92 Å². The third kappa shape index (κ3) is 2.66. The Morgan fingerprint density at radius 3 is 2.67 bits per heavy atom. The Labute approximate surface area is 143 Å². The van der Waals surface area contributed by atoms with E-state index in [1.165, 1.54) is 4.31 Å². The van der Waals surface area contributed by atoms with E-state index in [1.54, 1.807) is 24.2 Å². The molecule has 0 spiro atoms. The van der Waals surface area contributed by atoms with E-state index in [0.717, 1.165) is 24.0 Å². The van der Waals surface area contributed by atoms with E-state index in [9.17, 15) is 8.42 Å². The highest BCUT2D eigenvalue weighted by Gasteiger charge is 2.33. The van der Waals surface area contributed by atoms with Crippen LogP contribution in [0.4, 0.5) is 5.69 Å². The molecule has 1 aromatic carbocycles. The molecule has 1 aliphatic heterocycles. The van der Waals surface area contributed by atoms with Crippen molar-refractivity contribution in [2.75, 3.05) is 18.0 Å². The molecule has 0 atom stereocenters. The molecular formula is C17H23N3O3S. The number of rotatable bonds is 4. The molecule has 0 N–H and O–H groups in total. The second-order valence-corrected chi connectivity index (χ2v) is 8.15. The maximum atomic E-state index is 13.2. The fourth-order valence-corrected chi connectivity index (χ4v) is 4.54. The molecule has 0 fully saturated rings. The van der Waals surface area contributed by atoms with Crippen LogP contribution < -0.4 is 9.04 Å².